The lowest BCUT2D eigenvalue weighted by molar-refractivity contribution is -0.111. The highest BCUT2D eigenvalue weighted by molar-refractivity contribution is 7.14. The minimum Gasteiger partial charge on any atom is -0.298 e. The van der Waals surface area contributed by atoms with E-state index in [1.54, 1.807) is 30.3 Å². The van der Waals surface area contributed by atoms with Crippen molar-refractivity contribution in [3.05, 3.63) is 76.4 Å². The molecule has 0 radical (unpaired) electrons. The Balaban J connectivity index is 1.64. The monoisotopic (exact) mass is 358 g/mol. The average molecular weight is 359 g/mol. The number of hydrogen-bond acceptors (Lipinski definition) is 3. The molecule has 1 N–H and O–H groups in total. The maximum Gasteiger partial charge on any atom is 0.250 e. The number of amides is 1. The maximum atomic E-state index is 12.9. The summed E-state index contributed by atoms with van der Waals surface area (Å²) in [6.07, 6.45) is 3.13. The molecule has 6 heteroatoms. The summed E-state index contributed by atoms with van der Waals surface area (Å²) in [4.78, 5) is 16.3. The summed E-state index contributed by atoms with van der Waals surface area (Å²) >= 11 is 7.12. The molecule has 1 heterocycles. The fourth-order valence-electron chi connectivity index (χ4n) is 1.98. The number of nitrogens with one attached hydrogen (secondary N) is 1. The van der Waals surface area contributed by atoms with Crippen molar-refractivity contribution in [1.82, 2.24) is 4.98 Å². The van der Waals surface area contributed by atoms with Crippen molar-refractivity contribution in [2.45, 2.75) is 0 Å². The van der Waals surface area contributed by atoms with Gasteiger partial charge < -0.3 is 0 Å². The predicted octanol–water partition coefficient (Wildman–Crippen LogP) is 5.25. The Hall–Kier alpha value is -2.50. The first-order valence-corrected chi connectivity index (χ1v) is 8.32. The molecule has 0 unspecified atom stereocenters. The third kappa shape index (κ3) is 4.28. The van der Waals surface area contributed by atoms with E-state index in [2.05, 4.69) is 10.3 Å². The molecular weight excluding hydrogens is 347 g/mol. The average Bonchev–Trinajstić information content (AvgIpc) is 3.03. The van der Waals surface area contributed by atoms with Crippen molar-refractivity contribution < 1.29 is 9.18 Å². The first-order valence-electron chi connectivity index (χ1n) is 7.06. The molecule has 0 bridgehead atoms. The second-order valence-corrected chi connectivity index (χ2v) is 6.21. The normalized spacial score (nSPS) is 10.9. The van der Waals surface area contributed by atoms with Gasteiger partial charge in [0.25, 0.3) is 0 Å². The van der Waals surface area contributed by atoms with Crippen molar-refractivity contribution in [2.24, 2.45) is 0 Å². The first kappa shape index (κ1) is 16.4. The van der Waals surface area contributed by atoms with Gasteiger partial charge >= 0.3 is 0 Å². The fourth-order valence-corrected chi connectivity index (χ4v) is 2.83. The summed E-state index contributed by atoms with van der Waals surface area (Å²) in [6, 6.07) is 13.2. The van der Waals surface area contributed by atoms with Gasteiger partial charge in [0.15, 0.2) is 5.13 Å². The van der Waals surface area contributed by atoms with E-state index in [0.29, 0.717) is 15.8 Å². The van der Waals surface area contributed by atoms with Gasteiger partial charge in [-0.2, -0.15) is 0 Å². The Kier molecular flexibility index (Phi) is 5.03. The number of halogens is 2. The predicted molar refractivity (Wildman–Crippen MR) is 96.6 cm³/mol. The Morgan fingerprint density at radius 3 is 2.54 bits per heavy atom. The zero-order chi connectivity index (χ0) is 16.9. The van der Waals surface area contributed by atoms with Crippen LogP contribution in [0.3, 0.4) is 0 Å². The van der Waals surface area contributed by atoms with Gasteiger partial charge in [-0.1, -0.05) is 23.7 Å². The van der Waals surface area contributed by atoms with Crippen LogP contribution in [0.4, 0.5) is 9.52 Å². The summed E-state index contributed by atoms with van der Waals surface area (Å²) in [5, 5.41) is 5.65. The Morgan fingerprint density at radius 2 is 1.83 bits per heavy atom. The van der Waals surface area contributed by atoms with Crippen LogP contribution >= 0.6 is 22.9 Å². The molecule has 0 aliphatic heterocycles. The third-order valence-electron chi connectivity index (χ3n) is 3.17. The van der Waals surface area contributed by atoms with E-state index in [-0.39, 0.29) is 11.7 Å². The van der Waals surface area contributed by atoms with Gasteiger partial charge in [-0.05, 0) is 48.0 Å². The van der Waals surface area contributed by atoms with Gasteiger partial charge in [-0.3, -0.25) is 10.1 Å². The van der Waals surface area contributed by atoms with Gasteiger partial charge in [-0.25, -0.2) is 9.37 Å². The number of aromatic nitrogens is 1. The molecule has 0 saturated carbocycles. The molecule has 24 heavy (non-hydrogen) atoms. The molecule has 0 saturated heterocycles. The zero-order valence-electron chi connectivity index (χ0n) is 12.4. The largest absolute Gasteiger partial charge is 0.298 e. The number of rotatable bonds is 4. The second kappa shape index (κ2) is 7.38. The molecule has 0 fully saturated rings. The SMILES string of the molecule is O=C(/C=C/c1ccc(Cl)cc1)Nc1nc(-c2ccc(F)cc2)cs1. The summed E-state index contributed by atoms with van der Waals surface area (Å²) in [7, 11) is 0. The quantitative estimate of drug-likeness (QED) is 0.647. The van der Waals surface area contributed by atoms with E-state index < -0.39 is 0 Å². The molecule has 0 atom stereocenters. The van der Waals surface area contributed by atoms with Gasteiger partial charge in [-0.15, -0.1) is 11.3 Å². The van der Waals surface area contributed by atoms with Crippen LogP contribution in [-0.2, 0) is 4.79 Å². The second-order valence-electron chi connectivity index (χ2n) is 4.92. The summed E-state index contributed by atoms with van der Waals surface area (Å²) in [5.74, 6) is -0.570. The molecule has 0 aliphatic rings. The molecule has 0 aliphatic carbocycles. The van der Waals surface area contributed by atoms with E-state index in [1.165, 1.54) is 29.5 Å². The first-order chi connectivity index (χ1) is 11.6. The van der Waals surface area contributed by atoms with E-state index in [1.807, 2.05) is 17.5 Å². The topological polar surface area (TPSA) is 42.0 Å². The molecule has 3 nitrogen and oxygen atoms in total. The van der Waals surface area contributed by atoms with Crippen LogP contribution in [0.2, 0.25) is 5.02 Å². The minimum absolute atomic E-state index is 0.273. The molecule has 3 aromatic rings. The van der Waals surface area contributed by atoms with Gasteiger partial charge in [0.2, 0.25) is 5.91 Å². The van der Waals surface area contributed by atoms with Gasteiger partial charge in [0.05, 0.1) is 5.69 Å². The van der Waals surface area contributed by atoms with Crippen LogP contribution < -0.4 is 5.32 Å². The van der Waals surface area contributed by atoms with Crippen molar-refractivity contribution in [3.8, 4) is 11.3 Å². The number of nitrogens with zero attached hydrogens (tertiary/aromatic N) is 1. The third-order valence-corrected chi connectivity index (χ3v) is 4.18. The van der Waals surface area contributed by atoms with Gasteiger partial charge in [0, 0.05) is 22.0 Å². The number of hydrogen-bond donors (Lipinski definition) is 1. The highest BCUT2D eigenvalue weighted by Gasteiger charge is 2.06. The molecular formula is C18H12ClFN2OS. The highest BCUT2D eigenvalue weighted by Crippen LogP contribution is 2.25. The lowest BCUT2D eigenvalue weighted by Gasteiger charge is -1.98. The fraction of sp³-hybridized carbons (Fsp3) is 0. The van der Waals surface area contributed by atoms with Crippen molar-refractivity contribution in [3.63, 3.8) is 0 Å². The van der Waals surface area contributed by atoms with E-state index >= 15 is 0 Å². The molecule has 1 aromatic heterocycles. The number of anilines is 1. The molecule has 0 spiro atoms. The van der Waals surface area contributed by atoms with E-state index in [9.17, 15) is 9.18 Å². The van der Waals surface area contributed by atoms with Crippen LogP contribution in [0.25, 0.3) is 17.3 Å². The van der Waals surface area contributed by atoms with Crippen molar-refractivity contribution >= 4 is 40.1 Å². The lowest BCUT2D eigenvalue weighted by Crippen LogP contribution is -2.07. The molecule has 3 rings (SSSR count). The summed E-state index contributed by atoms with van der Waals surface area (Å²) in [6.45, 7) is 0. The van der Waals surface area contributed by atoms with Crippen molar-refractivity contribution in [1.29, 1.82) is 0 Å². The maximum absolute atomic E-state index is 12.9. The zero-order valence-corrected chi connectivity index (χ0v) is 13.9. The van der Waals surface area contributed by atoms with Crippen LogP contribution in [-0.4, -0.2) is 10.9 Å². The highest BCUT2D eigenvalue weighted by atomic mass is 35.5. The smallest absolute Gasteiger partial charge is 0.250 e. The van der Waals surface area contributed by atoms with Crippen molar-refractivity contribution in [2.75, 3.05) is 5.32 Å². The van der Waals surface area contributed by atoms with E-state index in [4.69, 9.17) is 11.6 Å². The molecule has 120 valence electrons. The summed E-state index contributed by atoms with van der Waals surface area (Å²) in [5.41, 5.74) is 2.36. The Labute approximate surface area is 147 Å². The number of carbonyl (C=O) groups is 1. The minimum atomic E-state index is -0.296. The van der Waals surface area contributed by atoms with Crippen LogP contribution in [0.5, 0.6) is 0 Å². The summed E-state index contributed by atoms with van der Waals surface area (Å²) < 4.78 is 12.9. The van der Waals surface area contributed by atoms with Crippen LogP contribution in [0, 0.1) is 5.82 Å². The Morgan fingerprint density at radius 1 is 1.12 bits per heavy atom. The molecule has 2 aromatic carbocycles. The standard InChI is InChI=1S/C18H12ClFN2OS/c19-14-6-1-12(2-7-14)3-10-17(23)22-18-21-16(11-24-18)13-4-8-15(20)9-5-13/h1-11H,(H,21,22,23)/b10-3+. The number of carbonyl (C=O) groups excluding carboxylic acids is 1. The number of benzene rings is 2. The lowest BCUT2D eigenvalue weighted by atomic mass is 10.2. The van der Waals surface area contributed by atoms with Crippen LogP contribution in [0.15, 0.2) is 60.0 Å². The Bertz CT molecular complexity index is 873. The number of thiazole rings is 1. The molecule has 1 amide bonds. The van der Waals surface area contributed by atoms with Crippen LogP contribution in [0.1, 0.15) is 5.56 Å². The van der Waals surface area contributed by atoms with Gasteiger partial charge in [0.1, 0.15) is 5.82 Å². The van der Waals surface area contributed by atoms with E-state index in [0.717, 1.165) is 11.1 Å².